The Hall–Kier alpha value is -2.29. The summed E-state index contributed by atoms with van der Waals surface area (Å²) in [4.78, 5) is 18.2. The number of aliphatic hydroxyl groups is 2. The van der Waals surface area contributed by atoms with Crippen molar-refractivity contribution in [2.45, 2.75) is 50.7 Å². The van der Waals surface area contributed by atoms with E-state index in [0.29, 0.717) is 11.1 Å². The molecule has 0 radical (unpaired) electrons. The van der Waals surface area contributed by atoms with Crippen LogP contribution in [0.3, 0.4) is 0 Å². The van der Waals surface area contributed by atoms with Crippen molar-refractivity contribution >= 4 is 5.91 Å². The first-order valence-electron chi connectivity index (χ1n) is 10.1. The SMILES string of the molecule is CCC1NC(c2ccc3c(c2)CC[C@H]3NC(=O)c2cccc(C(O)CO)c2)NO1. The van der Waals surface area contributed by atoms with Crippen molar-refractivity contribution in [3.8, 4) is 0 Å². The van der Waals surface area contributed by atoms with E-state index in [4.69, 9.17) is 9.94 Å². The van der Waals surface area contributed by atoms with E-state index in [0.717, 1.165) is 30.4 Å². The summed E-state index contributed by atoms with van der Waals surface area (Å²) in [5.74, 6) is -0.183. The zero-order valence-corrected chi connectivity index (χ0v) is 16.4. The normalized spacial score (nSPS) is 24.3. The number of benzene rings is 2. The fourth-order valence-corrected chi connectivity index (χ4v) is 3.97. The second-order valence-electron chi connectivity index (χ2n) is 7.58. The van der Waals surface area contributed by atoms with Gasteiger partial charge in [-0.25, -0.2) is 0 Å². The number of hydrogen-bond acceptors (Lipinski definition) is 6. The molecule has 1 heterocycles. The Morgan fingerprint density at radius 2 is 2.17 bits per heavy atom. The second kappa shape index (κ2) is 8.61. The van der Waals surface area contributed by atoms with Crippen LogP contribution in [0, 0.1) is 0 Å². The number of hydrogen-bond donors (Lipinski definition) is 5. The molecular formula is C22H27N3O4. The summed E-state index contributed by atoms with van der Waals surface area (Å²) >= 11 is 0. The molecule has 1 fully saturated rings. The maximum atomic E-state index is 12.7. The van der Waals surface area contributed by atoms with Gasteiger partial charge >= 0.3 is 0 Å². The van der Waals surface area contributed by atoms with Crippen LogP contribution in [0.2, 0.25) is 0 Å². The molecule has 5 N–H and O–H groups in total. The van der Waals surface area contributed by atoms with Crippen LogP contribution in [0.15, 0.2) is 42.5 Å². The van der Waals surface area contributed by atoms with Gasteiger partial charge in [0.05, 0.1) is 12.6 Å². The fourth-order valence-electron chi connectivity index (χ4n) is 3.97. The molecule has 4 atom stereocenters. The van der Waals surface area contributed by atoms with E-state index in [1.165, 1.54) is 5.56 Å². The van der Waals surface area contributed by atoms with Crippen molar-refractivity contribution in [2.75, 3.05) is 6.61 Å². The monoisotopic (exact) mass is 397 g/mol. The van der Waals surface area contributed by atoms with Gasteiger partial charge in [-0.3, -0.25) is 14.9 Å². The highest BCUT2D eigenvalue weighted by Gasteiger charge is 2.28. The molecule has 0 aromatic heterocycles. The summed E-state index contributed by atoms with van der Waals surface area (Å²) in [5.41, 5.74) is 7.53. The number of fused-ring (bicyclic) bond motifs is 1. The van der Waals surface area contributed by atoms with Crippen LogP contribution in [0.25, 0.3) is 0 Å². The summed E-state index contributed by atoms with van der Waals surface area (Å²) in [6.07, 6.45) is 1.65. The third-order valence-electron chi connectivity index (χ3n) is 5.64. The van der Waals surface area contributed by atoms with Gasteiger partial charge in [0.25, 0.3) is 5.91 Å². The average Bonchev–Trinajstić information content (AvgIpc) is 3.40. The molecule has 3 unspecified atom stereocenters. The van der Waals surface area contributed by atoms with E-state index in [9.17, 15) is 9.90 Å². The number of amides is 1. The van der Waals surface area contributed by atoms with Gasteiger partial charge < -0.3 is 15.5 Å². The second-order valence-corrected chi connectivity index (χ2v) is 7.58. The summed E-state index contributed by atoms with van der Waals surface area (Å²) in [7, 11) is 0. The summed E-state index contributed by atoms with van der Waals surface area (Å²) < 4.78 is 0. The van der Waals surface area contributed by atoms with Crippen molar-refractivity contribution in [3.63, 3.8) is 0 Å². The summed E-state index contributed by atoms with van der Waals surface area (Å²) in [6.45, 7) is 1.69. The Morgan fingerprint density at radius 1 is 1.31 bits per heavy atom. The Kier molecular flexibility index (Phi) is 5.94. The van der Waals surface area contributed by atoms with Crippen LogP contribution in [-0.4, -0.2) is 29.0 Å². The first-order valence-corrected chi connectivity index (χ1v) is 10.1. The van der Waals surface area contributed by atoms with Crippen LogP contribution >= 0.6 is 0 Å². The topological polar surface area (TPSA) is 103 Å². The van der Waals surface area contributed by atoms with Gasteiger partial charge in [-0.15, -0.1) is 0 Å². The molecule has 154 valence electrons. The smallest absolute Gasteiger partial charge is 0.251 e. The minimum Gasteiger partial charge on any atom is -0.393 e. The lowest BCUT2D eigenvalue weighted by molar-refractivity contribution is 0.0207. The molecule has 29 heavy (non-hydrogen) atoms. The van der Waals surface area contributed by atoms with Gasteiger partial charge in [-0.2, -0.15) is 5.48 Å². The minimum absolute atomic E-state index is 0.0143. The van der Waals surface area contributed by atoms with Crippen molar-refractivity contribution in [3.05, 3.63) is 70.3 Å². The highest BCUT2D eigenvalue weighted by atomic mass is 16.7. The maximum absolute atomic E-state index is 12.7. The molecule has 1 saturated heterocycles. The van der Waals surface area contributed by atoms with Gasteiger partial charge in [0.2, 0.25) is 0 Å². The van der Waals surface area contributed by atoms with Gasteiger partial charge in [-0.05, 0) is 53.6 Å². The van der Waals surface area contributed by atoms with Crippen LogP contribution in [-0.2, 0) is 11.3 Å². The summed E-state index contributed by atoms with van der Waals surface area (Å²) in [6, 6.07) is 13.0. The first-order chi connectivity index (χ1) is 14.1. The van der Waals surface area contributed by atoms with Crippen molar-refractivity contribution < 1.29 is 19.8 Å². The number of carbonyl (C=O) groups excluding carboxylic acids is 1. The molecule has 4 rings (SSSR count). The molecule has 2 aliphatic rings. The van der Waals surface area contributed by atoms with Gasteiger partial charge in [0.15, 0.2) is 0 Å². The average molecular weight is 397 g/mol. The van der Waals surface area contributed by atoms with Crippen LogP contribution in [0.5, 0.6) is 0 Å². The Morgan fingerprint density at radius 3 is 2.93 bits per heavy atom. The molecule has 1 aliphatic carbocycles. The van der Waals surface area contributed by atoms with Gasteiger partial charge in [-0.1, -0.05) is 37.3 Å². The molecule has 7 nitrogen and oxygen atoms in total. The molecule has 2 aromatic carbocycles. The standard InChI is InChI=1S/C22H27N3O4/c1-2-20-24-21(25-29-20)15-6-8-17-13(10-15)7-9-18(17)23-22(28)16-5-3-4-14(11-16)19(27)12-26/h3-6,8,10-11,18-21,24-27H,2,7,9,12H2,1H3,(H,23,28)/t18-,19?,20?,21?/m1/s1. The zero-order chi connectivity index (χ0) is 20.4. The van der Waals surface area contributed by atoms with E-state index < -0.39 is 6.10 Å². The van der Waals surface area contributed by atoms with Gasteiger partial charge in [0, 0.05) is 5.56 Å². The molecule has 1 amide bonds. The van der Waals surface area contributed by atoms with Crippen LogP contribution < -0.4 is 16.1 Å². The maximum Gasteiger partial charge on any atom is 0.251 e. The third-order valence-corrected chi connectivity index (χ3v) is 5.64. The molecule has 0 spiro atoms. The molecule has 1 aliphatic heterocycles. The Balaban J connectivity index is 1.45. The van der Waals surface area contributed by atoms with Crippen molar-refractivity contribution in [1.29, 1.82) is 0 Å². The van der Waals surface area contributed by atoms with Crippen molar-refractivity contribution in [1.82, 2.24) is 16.1 Å². The number of carbonyl (C=O) groups is 1. The quantitative estimate of drug-likeness (QED) is 0.511. The van der Waals surface area contributed by atoms with Gasteiger partial charge in [0.1, 0.15) is 18.5 Å². The van der Waals surface area contributed by atoms with E-state index in [2.05, 4.69) is 41.2 Å². The molecule has 2 aromatic rings. The Bertz CT molecular complexity index is 888. The number of aliphatic hydroxyl groups excluding tert-OH is 2. The van der Waals surface area contributed by atoms with E-state index in [1.807, 2.05) is 0 Å². The lowest BCUT2D eigenvalue weighted by Gasteiger charge is -2.17. The highest BCUT2D eigenvalue weighted by Crippen LogP contribution is 2.33. The molecule has 0 saturated carbocycles. The number of hydroxylamine groups is 1. The lowest BCUT2D eigenvalue weighted by Crippen LogP contribution is -2.27. The third kappa shape index (κ3) is 4.19. The predicted octanol–water partition coefficient (Wildman–Crippen LogP) is 1.99. The number of nitrogens with one attached hydrogen (secondary N) is 3. The van der Waals surface area contributed by atoms with E-state index in [-0.39, 0.29) is 30.9 Å². The first kappa shape index (κ1) is 20.0. The lowest BCUT2D eigenvalue weighted by atomic mass is 10.0. The van der Waals surface area contributed by atoms with Crippen LogP contribution in [0.1, 0.15) is 70.7 Å². The summed E-state index contributed by atoms with van der Waals surface area (Å²) in [5, 5.41) is 25.4. The fraction of sp³-hybridized carbons (Fsp3) is 0.409. The van der Waals surface area contributed by atoms with E-state index in [1.54, 1.807) is 24.3 Å². The number of aryl methyl sites for hydroxylation is 1. The molecular weight excluding hydrogens is 370 g/mol. The molecule has 7 heteroatoms. The highest BCUT2D eigenvalue weighted by molar-refractivity contribution is 5.94. The minimum atomic E-state index is -0.984. The zero-order valence-electron chi connectivity index (χ0n) is 16.4. The Labute approximate surface area is 170 Å². The van der Waals surface area contributed by atoms with Crippen molar-refractivity contribution in [2.24, 2.45) is 0 Å². The largest absolute Gasteiger partial charge is 0.393 e. The van der Waals surface area contributed by atoms with E-state index >= 15 is 0 Å². The predicted molar refractivity (Wildman–Crippen MR) is 108 cm³/mol. The number of rotatable bonds is 6. The molecule has 0 bridgehead atoms. The van der Waals surface area contributed by atoms with Crippen LogP contribution in [0.4, 0.5) is 0 Å².